The molecule has 1 heterocycles. The molecule has 0 unspecified atom stereocenters. The molecule has 0 bridgehead atoms. The number of carbonyl (C=O) groups is 2. The lowest BCUT2D eigenvalue weighted by atomic mass is 10.1. The number of halogens is 2. The van der Waals surface area contributed by atoms with Crippen LogP contribution in [0.15, 0.2) is 22.7 Å². The van der Waals surface area contributed by atoms with Gasteiger partial charge in [-0.3, -0.25) is 9.59 Å². The largest absolute Gasteiger partial charge is 0.351 e. The monoisotopic (exact) mass is 428 g/mol. The van der Waals surface area contributed by atoms with Gasteiger partial charge in [0.25, 0.3) is 5.91 Å². The third kappa shape index (κ3) is 6.17. The lowest BCUT2D eigenvalue weighted by Gasteiger charge is -2.07. The summed E-state index contributed by atoms with van der Waals surface area (Å²) >= 11 is 4.54. The van der Waals surface area contributed by atoms with Crippen molar-refractivity contribution in [3.8, 4) is 0 Å². The number of hydrogen-bond acceptors (Lipinski definition) is 5. The van der Waals surface area contributed by atoms with Crippen LogP contribution < -0.4 is 10.6 Å². The van der Waals surface area contributed by atoms with Crippen molar-refractivity contribution in [2.75, 3.05) is 11.9 Å². The highest BCUT2D eigenvalue weighted by Gasteiger charge is 2.13. The zero-order valence-electron chi connectivity index (χ0n) is 13.8. The molecule has 2 rings (SSSR count). The molecule has 134 valence electrons. The summed E-state index contributed by atoms with van der Waals surface area (Å²) in [5.74, 6) is -0.756. The molecule has 0 fully saturated rings. The SMILES string of the molecule is CC(C)Cc1nnc(NC(=O)CCNC(=O)c2cc(F)ccc2Br)s1. The molecule has 6 nitrogen and oxygen atoms in total. The predicted molar refractivity (Wildman–Crippen MR) is 98.1 cm³/mol. The first-order chi connectivity index (χ1) is 11.8. The number of benzene rings is 1. The van der Waals surface area contributed by atoms with Crippen LogP contribution in [0.4, 0.5) is 9.52 Å². The molecule has 1 aromatic carbocycles. The number of nitrogens with one attached hydrogen (secondary N) is 2. The van der Waals surface area contributed by atoms with E-state index in [1.165, 1.54) is 23.5 Å². The second-order valence-electron chi connectivity index (χ2n) is 5.78. The van der Waals surface area contributed by atoms with Crippen molar-refractivity contribution in [1.29, 1.82) is 0 Å². The minimum atomic E-state index is -0.500. The van der Waals surface area contributed by atoms with Gasteiger partial charge in [0.05, 0.1) is 5.56 Å². The topological polar surface area (TPSA) is 84.0 Å². The Morgan fingerprint density at radius 1 is 1.32 bits per heavy atom. The van der Waals surface area contributed by atoms with E-state index in [1.54, 1.807) is 0 Å². The number of hydrogen-bond donors (Lipinski definition) is 2. The predicted octanol–water partition coefficient (Wildman–Crippen LogP) is 3.40. The van der Waals surface area contributed by atoms with Crippen molar-refractivity contribution in [2.24, 2.45) is 5.92 Å². The van der Waals surface area contributed by atoms with Crippen LogP contribution in [0.2, 0.25) is 0 Å². The van der Waals surface area contributed by atoms with Crippen molar-refractivity contribution in [3.05, 3.63) is 39.1 Å². The second-order valence-corrected chi connectivity index (χ2v) is 7.69. The minimum absolute atomic E-state index is 0.0811. The van der Waals surface area contributed by atoms with Gasteiger partial charge in [0, 0.05) is 23.9 Å². The first-order valence-corrected chi connectivity index (χ1v) is 9.31. The van der Waals surface area contributed by atoms with E-state index in [0.717, 1.165) is 17.5 Å². The Labute approximate surface area is 157 Å². The van der Waals surface area contributed by atoms with Crippen LogP contribution in [0.25, 0.3) is 0 Å². The normalized spacial score (nSPS) is 10.8. The molecule has 0 aliphatic carbocycles. The zero-order chi connectivity index (χ0) is 18.4. The fraction of sp³-hybridized carbons (Fsp3) is 0.375. The first-order valence-electron chi connectivity index (χ1n) is 7.70. The number of anilines is 1. The third-order valence-corrected chi connectivity index (χ3v) is 4.66. The van der Waals surface area contributed by atoms with E-state index < -0.39 is 11.7 Å². The van der Waals surface area contributed by atoms with Gasteiger partial charge in [0.1, 0.15) is 10.8 Å². The number of nitrogens with zero attached hydrogens (tertiary/aromatic N) is 2. The van der Waals surface area contributed by atoms with E-state index in [4.69, 9.17) is 0 Å². The summed E-state index contributed by atoms with van der Waals surface area (Å²) in [5.41, 5.74) is 0.183. The molecule has 2 aromatic rings. The minimum Gasteiger partial charge on any atom is -0.351 e. The van der Waals surface area contributed by atoms with E-state index in [0.29, 0.717) is 15.5 Å². The fourth-order valence-corrected chi connectivity index (χ4v) is 3.37. The van der Waals surface area contributed by atoms with Gasteiger partial charge in [-0.25, -0.2) is 4.39 Å². The Bertz CT molecular complexity index is 766. The van der Waals surface area contributed by atoms with Gasteiger partial charge in [0.15, 0.2) is 0 Å². The summed E-state index contributed by atoms with van der Waals surface area (Å²) in [6.07, 6.45) is 0.893. The molecule has 0 aliphatic heterocycles. The van der Waals surface area contributed by atoms with Crippen LogP contribution in [0.5, 0.6) is 0 Å². The Hall–Kier alpha value is -1.87. The van der Waals surface area contributed by atoms with Gasteiger partial charge in [-0.2, -0.15) is 0 Å². The Morgan fingerprint density at radius 2 is 2.08 bits per heavy atom. The standard InChI is InChI=1S/C16H18BrFN4O2S/c1-9(2)7-14-21-22-16(25-14)20-13(23)5-6-19-15(24)11-8-10(18)3-4-12(11)17/h3-4,8-9H,5-7H2,1-2H3,(H,19,24)(H,20,22,23). The summed E-state index contributed by atoms with van der Waals surface area (Å²) in [5, 5.41) is 14.5. The van der Waals surface area contributed by atoms with E-state index in [-0.39, 0.29) is 24.4 Å². The number of rotatable bonds is 7. The van der Waals surface area contributed by atoms with E-state index in [2.05, 4.69) is 50.6 Å². The molecule has 0 spiro atoms. The van der Waals surface area contributed by atoms with Gasteiger partial charge >= 0.3 is 0 Å². The summed E-state index contributed by atoms with van der Waals surface area (Å²) in [6.45, 7) is 4.30. The number of amides is 2. The average molecular weight is 429 g/mol. The maximum atomic E-state index is 13.2. The van der Waals surface area contributed by atoms with Crippen molar-refractivity contribution in [2.45, 2.75) is 26.7 Å². The van der Waals surface area contributed by atoms with Crippen LogP contribution in [0, 0.1) is 11.7 Å². The highest BCUT2D eigenvalue weighted by molar-refractivity contribution is 9.10. The lowest BCUT2D eigenvalue weighted by Crippen LogP contribution is -2.28. The van der Waals surface area contributed by atoms with E-state index in [9.17, 15) is 14.0 Å². The van der Waals surface area contributed by atoms with Crippen LogP contribution in [0.3, 0.4) is 0 Å². The molecule has 2 amide bonds. The second kappa shape index (κ2) is 9.00. The van der Waals surface area contributed by atoms with E-state index >= 15 is 0 Å². The highest BCUT2D eigenvalue weighted by Crippen LogP contribution is 2.19. The highest BCUT2D eigenvalue weighted by atomic mass is 79.9. The smallest absolute Gasteiger partial charge is 0.252 e. The third-order valence-electron chi connectivity index (χ3n) is 3.11. The molecule has 0 atom stereocenters. The molecular weight excluding hydrogens is 411 g/mol. The molecule has 2 N–H and O–H groups in total. The molecule has 0 aliphatic rings. The maximum Gasteiger partial charge on any atom is 0.252 e. The Kier molecular flexibility index (Phi) is 7.01. The van der Waals surface area contributed by atoms with Crippen LogP contribution in [-0.2, 0) is 11.2 Å². The first kappa shape index (κ1) is 19.5. The lowest BCUT2D eigenvalue weighted by molar-refractivity contribution is -0.116. The number of aromatic nitrogens is 2. The van der Waals surface area contributed by atoms with Crippen LogP contribution >= 0.6 is 27.3 Å². The van der Waals surface area contributed by atoms with Gasteiger partial charge < -0.3 is 10.6 Å². The van der Waals surface area contributed by atoms with Crippen molar-refractivity contribution in [3.63, 3.8) is 0 Å². The van der Waals surface area contributed by atoms with E-state index in [1.807, 2.05) is 0 Å². The zero-order valence-corrected chi connectivity index (χ0v) is 16.2. The molecule has 25 heavy (non-hydrogen) atoms. The average Bonchev–Trinajstić information content (AvgIpc) is 2.95. The van der Waals surface area contributed by atoms with Gasteiger partial charge in [-0.15, -0.1) is 10.2 Å². The van der Waals surface area contributed by atoms with Gasteiger partial charge in [-0.05, 0) is 40.0 Å². The summed E-state index contributed by atoms with van der Waals surface area (Å²) < 4.78 is 13.7. The van der Waals surface area contributed by atoms with Gasteiger partial charge in [0.2, 0.25) is 11.0 Å². The molecular formula is C16H18BrFN4O2S. The van der Waals surface area contributed by atoms with Crippen LogP contribution in [-0.4, -0.2) is 28.6 Å². The van der Waals surface area contributed by atoms with Crippen molar-refractivity contribution in [1.82, 2.24) is 15.5 Å². The quantitative estimate of drug-likeness (QED) is 0.707. The molecule has 0 radical (unpaired) electrons. The molecule has 1 aromatic heterocycles. The maximum absolute atomic E-state index is 13.2. The molecule has 0 saturated carbocycles. The van der Waals surface area contributed by atoms with Gasteiger partial charge in [-0.1, -0.05) is 25.2 Å². The molecule has 9 heteroatoms. The summed E-state index contributed by atoms with van der Waals surface area (Å²) in [6, 6.07) is 3.85. The van der Waals surface area contributed by atoms with Crippen LogP contribution in [0.1, 0.15) is 35.6 Å². The fourth-order valence-electron chi connectivity index (χ4n) is 1.97. The molecule has 0 saturated heterocycles. The summed E-state index contributed by atoms with van der Waals surface area (Å²) in [7, 11) is 0. The number of carbonyl (C=O) groups excluding carboxylic acids is 2. The van der Waals surface area contributed by atoms with Crippen molar-refractivity contribution < 1.29 is 14.0 Å². The summed E-state index contributed by atoms with van der Waals surface area (Å²) in [4.78, 5) is 23.9. The van der Waals surface area contributed by atoms with Crippen molar-refractivity contribution >= 4 is 44.2 Å². The Morgan fingerprint density at radius 3 is 2.80 bits per heavy atom. The Balaban J connectivity index is 1.79.